The molecule has 0 aromatic heterocycles. The molecule has 4 heteroatoms. The fourth-order valence-corrected chi connectivity index (χ4v) is 1.45. The van der Waals surface area contributed by atoms with E-state index in [9.17, 15) is 5.11 Å². The summed E-state index contributed by atoms with van der Waals surface area (Å²) in [7, 11) is 0. The summed E-state index contributed by atoms with van der Waals surface area (Å²) >= 11 is 0. The van der Waals surface area contributed by atoms with Crippen LogP contribution in [0.3, 0.4) is 0 Å². The molecule has 2 atom stereocenters. The maximum atomic E-state index is 9.84. The molecule has 0 radical (unpaired) electrons. The molecule has 0 heterocycles. The van der Waals surface area contributed by atoms with Crippen LogP contribution in [0.4, 0.5) is 0 Å². The predicted octanol–water partition coefficient (Wildman–Crippen LogP) is 0.952. The Morgan fingerprint density at radius 3 is 2.47 bits per heavy atom. The Morgan fingerprint density at radius 2 is 1.94 bits per heavy atom. The molecule has 0 fully saturated rings. The second kappa shape index (κ2) is 7.02. The van der Waals surface area contributed by atoms with Crippen molar-refractivity contribution in [1.29, 1.82) is 5.26 Å². The van der Waals surface area contributed by atoms with E-state index in [1.165, 1.54) is 0 Å². The van der Waals surface area contributed by atoms with Gasteiger partial charge in [-0.05, 0) is 37.6 Å². The van der Waals surface area contributed by atoms with E-state index >= 15 is 0 Å². The minimum atomic E-state index is -0.586. The van der Waals surface area contributed by atoms with Crippen molar-refractivity contribution in [1.82, 2.24) is 5.32 Å². The van der Waals surface area contributed by atoms with Crippen molar-refractivity contribution in [3.8, 4) is 6.07 Å². The summed E-state index contributed by atoms with van der Waals surface area (Å²) in [5.41, 5.74) is 1.37. The maximum absolute atomic E-state index is 9.84. The molecule has 92 valence electrons. The Hall–Kier alpha value is -1.41. The van der Waals surface area contributed by atoms with Gasteiger partial charge in [-0.3, -0.25) is 0 Å². The number of hydrogen-bond acceptors (Lipinski definition) is 4. The Balaban J connectivity index is 2.36. The van der Waals surface area contributed by atoms with Crippen molar-refractivity contribution in [2.24, 2.45) is 0 Å². The van der Waals surface area contributed by atoms with Crippen LogP contribution >= 0.6 is 0 Å². The highest BCUT2D eigenvalue weighted by Crippen LogP contribution is 2.12. The maximum Gasteiger partial charge on any atom is 0.0991 e. The lowest BCUT2D eigenvalue weighted by Gasteiger charge is -2.12. The number of hydrogen-bond donors (Lipinski definition) is 3. The van der Waals surface area contributed by atoms with Crippen molar-refractivity contribution in [2.45, 2.75) is 25.6 Å². The van der Waals surface area contributed by atoms with E-state index in [2.05, 4.69) is 5.32 Å². The average Bonchev–Trinajstić information content (AvgIpc) is 2.34. The number of nitrogens with zero attached hydrogens (tertiary/aromatic N) is 1. The van der Waals surface area contributed by atoms with Crippen molar-refractivity contribution >= 4 is 0 Å². The third kappa shape index (κ3) is 4.96. The van der Waals surface area contributed by atoms with Gasteiger partial charge in [-0.1, -0.05) is 12.1 Å². The van der Waals surface area contributed by atoms with Crippen LogP contribution in [0.2, 0.25) is 0 Å². The van der Waals surface area contributed by atoms with Gasteiger partial charge in [0.2, 0.25) is 0 Å². The average molecular weight is 234 g/mol. The SMILES string of the molecule is CC(O)CCNCC(O)c1ccc(C#N)cc1. The van der Waals surface area contributed by atoms with Crippen LogP contribution in [-0.4, -0.2) is 29.4 Å². The van der Waals surface area contributed by atoms with E-state index in [1.807, 2.05) is 6.07 Å². The molecule has 2 unspecified atom stereocenters. The lowest BCUT2D eigenvalue weighted by Crippen LogP contribution is -2.24. The van der Waals surface area contributed by atoms with Crippen molar-refractivity contribution < 1.29 is 10.2 Å². The molecule has 0 spiro atoms. The van der Waals surface area contributed by atoms with E-state index in [-0.39, 0.29) is 6.10 Å². The normalized spacial score (nSPS) is 14.0. The van der Waals surface area contributed by atoms with Gasteiger partial charge >= 0.3 is 0 Å². The van der Waals surface area contributed by atoms with E-state index in [4.69, 9.17) is 10.4 Å². The van der Waals surface area contributed by atoms with Crippen molar-refractivity contribution in [3.05, 3.63) is 35.4 Å². The Morgan fingerprint density at radius 1 is 1.29 bits per heavy atom. The first kappa shape index (κ1) is 13.7. The molecule has 1 rings (SSSR count). The number of benzene rings is 1. The van der Waals surface area contributed by atoms with Crippen LogP contribution < -0.4 is 5.32 Å². The summed E-state index contributed by atoms with van der Waals surface area (Å²) < 4.78 is 0. The molecule has 0 saturated carbocycles. The quantitative estimate of drug-likeness (QED) is 0.641. The molecule has 0 amide bonds. The number of aliphatic hydroxyl groups is 2. The summed E-state index contributed by atoms with van der Waals surface area (Å²) in [6.45, 7) is 2.85. The minimum Gasteiger partial charge on any atom is -0.393 e. The number of nitrogens with one attached hydrogen (secondary N) is 1. The molecular formula is C13H18N2O2. The summed E-state index contributed by atoms with van der Waals surface area (Å²) in [5.74, 6) is 0. The number of nitriles is 1. The Kier molecular flexibility index (Phi) is 5.64. The highest BCUT2D eigenvalue weighted by atomic mass is 16.3. The van der Waals surface area contributed by atoms with Gasteiger partial charge in [0.25, 0.3) is 0 Å². The van der Waals surface area contributed by atoms with Crippen LogP contribution in [-0.2, 0) is 0 Å². The van der Waals surface area contributed by atoms with Crippen molar-refractivity contribution in [2.75, 3.05) is 13.1 Å². The third-order valence-corrected chi connectivity index (χ3v) is 2.50. The van der Waals surface area contributed by atoms with Gasteiger partial charge in [-0.15, -0.1) is 0 Å². The fourth-order valence-electron chi connectivity index (χ4n) is 1.45. The van der Waals surface area contributed by atoms with E-state index in [0.29, 0.717) is 25.1 Å². The van der Waals surface area contributed by atoms with Crippen LogP contribution in [0, 0.1) is 11.3 Å². The zero-order valence-electron chi connectivity index (χ0n) is 9.93. The molecule has 17 heavy (non-hydrogen) atoms. The first-order chi connectivity index (χ1) is 8.13. The largest absolute Gasteiger partial charge is 0.393 e. The molecule has 0 aliphatic rings. The monoisotopic (exact) mass is 234 g/mol. The van der Waals surface area contributed by atoms with Gasteiger partial charge in [-0.25, -0.2) is 0 Å². The smallest absolute Gasteiger partial charge is 0.0991 e. The first-order valence-corrected chi connectivity index (χ1v) is 5.70. The number of aliphatic hydroxyl groups excluding tert-OH is 2. The second-order valence-electron chi connectivity index (χ2n) is 4.09. The van der Waals surface area contributed by atoms with E-state index in [0.717, 1.165) is 5.56 Å². The lowest BCUT2D eigenvalue weighted by atomic mass is 10.1. The molecule has 0 bridgehead atoms. The molecule has 0 aliphatic carbocycles. The van der Waals surface area contributed by atoms with E-state index < -0.39 is 6.10 Å². The minimum absolute atomic E-state index is 0.324. The highest BCUT2D eigenvalue weighted by Gasteiger charge is 2.06. The molecule has 3 N–H and O–H groups in total. The summed E-state index contributed by atoms with van der Waals surface area (Å²) in [6, 6.07) is 8.91. The molecule has 0 saturated heterocycles. The third-order valence-electron chi connectivity index (χ3n) is 2.50. The fraction of sp³-hybridized carbons (Fsp3) is 0.462. The lowest BCUT2D eigenvalue weighted by molar-refractivity contribution is 0.162. The van der Waals surface area contributed by atoms with Gasteiger partial charge in [0.15, 0.2) is 0 Å². The van der Waals surface area contributed by atoms with E-state index in [1.54, 1.807) is 31.2 Å². The van der Waals surface area contributed by atoms with Crippen LogP contribution in [0.25, 0.3) is 0 Å². The number of rotatable bonds is 6. The molecular weight excluding hydrogens is 216 g/mol. The van der Waals surface area contributed by atoms with Crippen LogP contribution in [0.15, 0.2) is 24.3 Å². The second-order valence-corrected chi connectivity index (χ2v) is 4.09. The topological polar surface area (TPSA) is 76.3 Å². The first-order valence-electron chi connectivity index (χ1n) is 5.70. The summed E-state index contributed by atoms with van der Waals surface area (Å²) in [4.78, 5) is 0. The van der Waals surface area contributed by atoms with Crippen LogP contribution in [0.5, 0.6) is 0 Å². The van der Waals surface area contributed by atoms with Gasteiger partial charge in [0.1, 0.15) is 0 Å². The molecule has 1 aromatic rings. The van der Waals surface area contributed by atoms with Gasteiger partial charge < -0.3 is 15.5 Å². The Bertz CT molecular complexity index is 368. The Labute approximate surface area is 102 Å². The molecule has 1 aromatic carbocycles. The van der Waals surface area contributed by atoms with Crippen molar-refractivity contribution in [3.63, 3.8) is 0 Å². The molecule has 0 aliphatic heterocycles. The predicted molar refractivity (Wildman–Crippen MR) is 65.3 cm³/mol. The van der Waals surface area contributed by atoms with Crippen LogP contribution in [0.1, 0.15) is 30.6 Å². The summed E-state index contributed by atoms with van der Waals surface area (Å²) in [5, 5.41) is 30.6. The van der Waals surface area contributed by atoms with Gasteiger partial charge in [0.05, 0.1) is 23.8 Å². The molecule has 4 nitrogen and oxygen atoms in total. The standard InChI is InChI=1S/C13H18N2O2/c1-10(16)6-7-15-9-13(17)12-4-2-11(8-14)3-5-12/h2-5,10,13,15-17H,6-7,9H2,1H3. The van der Waals surface area contributed by atoms with Gasteiger partial charge in [-0.2, -0.15) is 5.26 Å². The highest BCUT2D eigenvalue weighted by molar-refractivity contribution is 5.32. The summed E-state index contributed by atoms with van der Waals surface area (Å²) in [6.07, 6.45) is -0.244. The van der Waals surface area contributed by atoms with Gasteiger partial charge in [0, 0.05) is 6.54 Å². The zero-order valence-corrected chi connectivity index (χ0v) is 9.93. The zero-order chi connectivity index (χ0) is 12.7.